The highest BCUT2D eigenvalue weighted by Crippen LogP contribution is 2.25. The van der Waals surface area contributed by atoms with Gasteiger partial charge in [0.1, 0.15) is 5.69 Å². The highest BCUT2D eigenvalue weighted by molar-refractivity contribution is 7.90. The van der Waals surface area contributed by atoms with Gasteiger partial charge in [0.25, 0.3) is 10.0 Å². The molecule has 0 aliphatic rings. The predicted octanol–water partition coefficient (Wildman–Crippen LogP) is 2.53. The number of hydrogen-bond donors (Lipinski definition) is 2. The molecule has 0 aliphatic heterocycles. The van der Waals surface area contributed by atoms with Crippen molar-refractivity contribution in [1.82, 2.24) is 9.71 Å². The summed E-state index contributed by atoms with van der Waals surface area (Å²) < 4.78 is 37.3. The van der Waals surface area contributed by atoms with Gasteiger partial charge in [0, 0.05) is 6.07 Å². The molecule has 0 radical (unpaired) electrons. The minimum Gasteiger partial charge on any atom is -0.481 e. The monoisotopic (exact) mass is 379 g/mol. The minimum atomic E-state index is -4.04. The van der Waals surface area contributed by atoms with E-state index in [0.29, 0.717) is 17.0 Å². The number of nitrogens with one attached hydrogen (secondary N) is 2. The van der Waals surface area contributed by atoms with Gasteiger partial charge < -0.3 is 14.8 Å². The molecular weight excluding hydrogens is 358 g/mol. The number of nitrogens with zero attached hydrogens (tertiary/aromatic N) is 1. The molecule has 1 heterocycles. The molecule has 140 valence electrons. The molecule has 0 unspecified atom stereocenters. The van der Waals surface area contributed by atoms with Gasteiger partial charge in [-0.2, -0.15) is 4.98 Å². The fraction of sp³-hybridized carbons (Fsp3) is 0.294. The van der Waals surface area contributed by atoms with Crippen LogP contribution in [0.3, 0.4) is 0 Å². The zero-order chi connectivity index (χ0) is 19.5. The van der Waals surface area contributed by atoms with Crippen LogP contribution >= 0.6 is 0 Å². The van der Waals surface area contributed by atoms with Crippen LogP contribution in [-0.2, 0) is 10.0 Å². The number of carbonyl (C=O) groups is 1. The molecular formula is C17H21N3O5S. The average molecular weight is 379 g/mol. The number of carbonyl (C=O) groups excluding carboxylic acids is 1. The Morgan fingerprint density at radius 1 is 1.04 bits per heavy atom. The third-order valence-corrected chi connectivity index (χ3v) is 5.22. The zero-order valence-corrected chi connectivity index (χ0v) is 16.0. The number of anilines is 1. The Labute approximate surface area is 152 Å². The lowest BCUT2D eigenvalue weighted by Crippen LogP contribution is -2.35. The van der Waals surface area contributed by atoms with E-state index in [2.05, 4.69) is 10.3 Å². The third-order valence-electron chi connectivity index (χ3n) is 3.59. The number of rotatable bonds is 5. The van der Waals surface area contributed by atoms with Crippen LogP contribution < -0.4 is 19.5 Å². The Morgan fingerprint density at radius 2 is 1.65 bits per heavy atom. The number of amides is 2. The minimum absolute atomic E-state index is 0.0815. The van der Waals surface area contributed by atoms with E-state index in [0.717, 1.165) is 5.56 Å². The molecule has 26 heavy (non-hydrogen) atoms. The van der Waals surface area contributed by atoms with Crippen molar-refractivity contribution >= 4 is 21.7 Å². The second-order valence-corrected chi connectivity index (χ2v) is 7.32. The molecule has 0 saturated carbocycles. The molecule has 0 bridgehead atoms. The second kappa shape index (κ2) is 7.61. The van der Waals surface area contributed by atoms with Gasteiger partial charge in [-0.1, -0.05) is 17.7 Å². The average Bonchev–Trinajstić information content (AvgIpc) is 2.53. The standard InChI is InChI=1S/C17H21N3O5S/c1-10-8-11(2)15(12(3)9-10)26(22,23)20-17(21)18-13-6-7-14(24-4)19-16(13)25-5/h6-9H,1-5H3,(H2,18,20,21). The number of aromatic nitrogens is 1. The molecule has 0 saturated heterocycles. The maximum atomic E-state index is 12.6. The summed E-state index contributed by atoms with van der Waals surface area (Å²) in [6, 6.07) is 5.58. The first-order valence-electron chi connectivity index (χ1n) is 7.68. The van der Waals surface area contributed by atoms with E-state index in [9.17, 15) is 13.2 Å². The molecule has 0 atom stereocenters. The molecule has 1 aromatic carbocycles. The van der Waals surface area contributed by atoms with Crippen LogP contribution in [0.5, 0.6) is 11.8 Å². The maximum absolute atomic E-state index is 12.6. The fourth-order valence-electron chi connectivity index (χ4n) is 2.70. The number of pyridine rings is 1. The summed E-state index contributed by atoms with van der Waals surface area (Å²) in [6.45, 7) is 5.24. The van der Waals surface area contributed by atoms with E-state index < -0.39 is 16.1 Å². The van der Waals surface area contributed by atoms with Crippen LogP contribution in [0.1, 0.15) is 16.7 Å². The van der Waals surface area contributed by atoms with Crippen LogP contribution in [-0.4, -0.2) is 33.7 Å². The number of urea groups is 1. The van der Waals surface area contributed by atoms with Crippen LogP contribution in [0.15, 0.2) is 29.2 Å². The van der Waals surface area contributed by atoms with Crippen molar-refractivity contribution in [3.05, 3.63) is 41.0 Å². The second-order valence-electron chi connectivity index (χ2n) is 5.70. The summed E-state index contributed by atoms with van der Waals surface area (Å²) in [7, 11) is -1.22. The molecule has 2 rings (SSSR count). The lowest BCUT2D eigenvalue weighted by molar-refractivity contribution is 0.256. The highest BCUT2D eigenvalue weighted by Gasteiger charge is 2.23. The van der Waals surface area contributed by atoms with Crippen molar-refractivity contribution in [2.75, 3.05) is 19.5 Å². The number of sulfonamides is 1. The first kappa shape index (κ1) is 19.5. The molecule has 8 nitrogen and oxygen atoms in total. The van der Waals surface area contributed by atoms with Crippen LogP contribution in [0.2, 0.25) is 0 Å². The fourth-order valence-corrected chi connectivity index (χ4v) is 4.06. The van der Waals surface area contributed by atoms with Crippen molar-refractivity contribution in [2.24, 2.45) is 0 Å². The Hall–Kier alpha value is -2.81. The molecule has 9 heteroatoms. The lowest BCUT2D eigenvalue weighted by Gasteiger charge is -2.14. The normalized spacial score (nSPS) is 11.0. The highest BCUT2D eigenvalue weighted by atomic mass is 32.2. The molecule has 0 fully saturated rings. The van der Waals surface area contributed by atoms with Crippen molar-refractivity contribution in [2.45, 2.75) is 25.7 Å². The number of methoxy groups -OCH3 is 2. The molecule has 2 amide bonds. The number of ether oxygens (including phenoxy) is 2. The quantitative estimate of drug-likeness (QED) is 0.827. The van der Waals surface area contributed by atoms with Crippen LogP contribution in [0.25, 0.3) is 0 Å². The van der Waals surface area contributed by atoms with Gasteiger partial charge in [-0.05, 0) is 38.0 Å². The van der Waals surface area contributed by atoms with Crippen molar-refractivity contribution in [1.29, 1.82) is 0 Å². The molecule has 0 spiro atoms. The Morgan fingerprint density at radius 3 is 2.19 bits per heavy atom. The molecule has 2 N–H and O–H groups in total. The van der Waals surface area contributed by atoms with Crippen LogP contribution in [0.4, 0.5) is 10.5 Å². The van der Waals surface area contributed by atoms with E-state index in [1.54, 1.807) is 26.0 Å². The van der Waals surface area contributed by atoms with Crippen molar-refractivity contribution < 1.29 is 22.7 Å². The summed E-state index contributed by atoms with van der Waals surface area (Å²) >= 11 is 0. The summed E-state index contributed by atoms with van der Waals surface area (Å²) in [5.41, 5.74) is 2.27. The smallest absolute Gasteiger partial charge is 0.333 e. The Kier molecular flexibility index (Phi) is 5.71. The van der Waals surface area contributed by atoms with Gasteiger partial charge >= 0.3 is 6.03 Å². The van der Waals surface area contributed by atoms with E-state index in [1.165, 1.54) is 26.4 Å². The molecule has 2 aromatic rings. The molecule has 1 aromatic heterocycles. The van der Waals surface area contributed by atoms with E-state index >= 15 is 0 Å². The van der Waals surface area contributed by atoms with Crippen LogP contribution in [0, 0.1) is 20.8 Å². The van der Waals surface area contributed by atoms with E-state index in [1.807, 2.05) is 11.6 Å². The topological polar surface area (TPSA) is 107 Å². The first-order valence-corrected chi connectivity index (χ1v) is 9.17. The van der Waals surface area contributed by atoms with E-state index in [-0.39, 0.29) is 16.5 Å². The summed E-state index contributed by atoms with van der Waals surface area (Å²) in [5, 5.41) is 2.42. The van der Waals surface area contributed by atoms with Gasteiger partial charge in [-0.25, -0.2) is 17.9 Å². The molecule has 0 aliphatic carbocycles. The largest absolute Gasteiger partial charge is 0.481 e. The Balaban J connectivity index is 2.25. The van der Waals surface area contributed by atoms with Gasteiger partial charge in [-0.3, -0.25) is 0 Å². The number of aryl methyl sites for hydroxylation is 3. The summed E-state index contributed by atoms with van der Waals surface area (Å²) in [5.74, 6) is 0.394. The zero-order valence-electron chi connectivity index (χ0n) is 15.2. The van der Waals surface area contributed by atoms with Gasteiger partial charge in [0.15, 0.2) is 0 Å². The van der Waals surface area contributed by atoms with Crippen molar-refractivity contribution in [3.63, 3.8) is 0 Å². The first-order chi connectivity index (χ1) is 12.2. The summed E-state index contributed by atoms with van der Waals surface area (Å²) in [4.78, 5) is 16.3. The van der Waals surface area contributed by atoms with Gasteiger partial charge in [0.2, 0.25) is 11.8 Å². The maximum Gasteiger partial charge on any atom is 0.333 e. The Bertz CT molecular complexity index is 918. The SMILES string of the molecule is COc1ccc(NC(=O)NS(=O)(=O)c2c(C)cc(C)cc2C)c(OC)n1. The van der Waals surface area contributed by atoms with Gasteiger partial charge in [0.05, 0.1) is 19.1 Å². The number of benzene rings is 1. The number of hydrogen-bond acceptors (Lipinski definition) is 6. The third kappa shape index (κ3) is 4.23. The van der Waals surface area contributed by atoms with Crippen molar-refractivity contribution in [3.8, 4) is 11.8 Å². The predicted molar refractivity (Wildman–Crippen MR) is 97.3 cm³/mol. The van der Waals surface area contributed by atoms with Gasteiger partial charge in [-0.15, -0.1) is 0 Å². The lowest BCUT2D eigenvalue weighted by atomic mass is 10.1. The summed E-state index contributed by atoms with van der Waals surface area (Å²) in [6.07, 6.45) is 0. The van der Waals surface area contributed by atoms with E-state index in [4.69, 9.17) is 9.47 Å².